The molecule has 5 N–H and O–H groups in total. The normalized spacial score (nSPS) is 12.2. The van der Waals surface area contributed by atoms with E-state index in [-0.39, 0.29) is 42.2 Å². The third kappa shape index (κ3) is 8.70. The molecule has 4 rings (SSSR count). The van der Waals surface area contributed by atoms with Crippen LogP contribution < -0.4 is 26.2 Å². The Balaban J connectivity index is 0.00000552. The molecule has 10 nitrogen and oxygen atoms in total. The van der Waals surface area contributed by atoms with E-state index in [0.717, 1.165) is 16.5 Å². The lowest BCUT2D eigenvalue weighted by Crippen LogP contribution is -2.34. The van der Waals surface area contributed by atoms with Gasteiger partial charge >= 0.3 is 18.6 Å². The number of carboxylic acid groups (broad SMARTS) is 1. The molecule has 240 valence electrons. The number of carbonyl (C=O) groups is 2. The van der Waals surface area contributed by atoms with Gasteiger partial charge < -0.3 is 35.7 Å². The summed E-state index contributed by atoms with van der Waals surface area (Å²) < 4.78 is 30.0. The number of aryl methyl sites for hydroxylation is 1. The second kappa shape index (κ2) is 15.4. The quantitative estimate of drug-likeness (QED) is 0.126. The average Bonchev–Trinajstić information content (AvgIpc) is 2.97. The molecule has 0 bridgehead atoms. The number of carboxylic acids is 1. The van der Waals surface area contributed by atoms with Crippen molar-refractivity contribution < 1.29 is 28.2 Å². The highest BCUT2D eigenvalue weighted by molar-refractivity contribution is 5.89. The molecule has 1 aromatic heterocycles. The van der Waals surface area contributed by atoms with Crippen LogP contribution in [0.15, 0.2) is 71.7 Å². The number of hydrogen-bond donors (Lipinski definition) is 5. The third-order valence-electron chi connectivity index (χ3n) is 7.28. The molecule has 0 aliphatic rings. The Hall–Kier alpha value is -4.68. The van der Waals surface area contributed by atoms with Gasteiger partial charge in [0.25, 0.3) is 5.56 Å². The van der Waals surface area contributed by atoms with E-state index in [1.165, 1.54) is 17.0 Å². The number of aromatic amines is 1. The van der Waals surface area contributed by atoms with Crippen LogP contribution in [0.1, 0.15) is 41.1 Å². The first kappa shape index (κ1) is 34.8. The van der Waals surface area contributed by atoms with Crippen LogP contribution in [0.2, 0.25) is 0 Å². The number of nitrogens with zero attached hydrogens (tertiary/aromatic N) is 1. The van der Waals surface area contributed by atoms with Crippen molar-refractivity contribution in [3.05, 3.63) is 99.5 Å². The second-order valence-corrected chi connectivity index (χ2v) is 10.6. The number of halogens is 3. The Morgan fingerprint density at radius 3 is 2.44 bits per heavy atom. The molecule has 0 aliphatic heterocycles. The number of aromatic nitrogens is 1. The number of alkyl halides is 2. The average molecular weight is 644 g/mol. The van der Waals surface area contributed by atoms with Crippen molar-refractivity contribution in [2.45, 2.75) is 39.0 Å². The number of hydrogen-bond acceptors (Lipinski definition) is 6. The van der Waals surface area contributed by atoms with Crippen molar-refractivity contribution in [2.24, 2.45) is 0 Å². The molecule has 2 atom stereocenters. The van der Waals surface area contributed by atoms with Gasteiger partial charge in [0.15, 0.2) is 6.04 Å². The largest absolute Gasteiger partial charge is 0.479 e. The summed E-state index contributed by atoms with van der Waals surface area (Å²) in [5, 5.41) is 19.9. The highest BCUT2D eigenvalue weighted by Crippen LogP contribution is 2.28. The molecule has 4 aromatic rings. The van der Waals surface area contributed by atoms with Gasteiger partial charge in [-0.1, -0.05) is 31.2 Å². The van der Waals surface area contributed by atoms with Crippen LogP contribution in [-0.4, -0.2) is 54.2 Å². The number of urea groups is 1. The monoisotopic (exact) mass is 643 g/mol. The van der Waals surface area contributed by atoms with Gasteiger partial charge in [-0.05, 0) is 78.4 Å². The summed E-state index contributed by atoms with van der Waals surface area (Å²) in [5.41, 5.74) is 3.49. The lowest BCUT2D eigenvalue weighted by Gasteiger charge is -2.24. The van der Waals surface area contributed by atoms with Gasteiger partial charge in [0.2, 0.25) is 0 Å². The zero-order chi connectivity index (χ0) is 32.0. The van der Waals surface area contributed by atoms with Gasteiger partial charge in [-0.2, -0.15) is 8.78 Å². The lowest BCUT2D eigenvalue weighted by atomic mass is 9.92. The fraction of sp³-hybridized carbons (Fsp3) is 0.281. The molecule has 45 heavy (non-hydrogen) atoms. The summed E-state index contributed by atoms with van der Waals surface area (Å²) in [5.74, 6) is -1.14. The number of amides is 2. The molecular formula is C32H36ClF2N5O5. The zero-order valence-electron chi connectivity index (χ0n) is 25.2. The Labute approximate surface area is 265 Å². The molecule has 0 saturated heterocycles. The van der Waals surface area contributed by atoms with Crippen LogP contribution in [0.4, 0.5) is 25.0 Å². The molecule has 0 fully saturated rings. The fourth-order valence-electron chi connectivity index (χ4n) is 5.17. The van der Waals surface area contributed by atoms with Gasteiger partial charge in [0, 0.05) is 48.7 Å². The Bertz CT molecular complexity index is 1720. The van der Waals surface area contributed by atoms with Crippen LogP contribution in [0.3, 0.4) is 0 Å². The van der Waals surface area contributed by atoms with E-state index < -0.39 is 18.6 Å². The number of anilines is 2. The van der Waals surface area contributed by atoms with Crippen LogP contribution in [0.25, 0.3) is 10.8 Å². The van der Waals surface area contributed by atoms with Gasteiger partial charge in [-0.25, -0.2) is 9.59 Å². The number of benzene rings is 3. The minimum atomic E-state index is -2.96. The molecule has 3 aromatic carbocycles. The summed E-state index contributed by atoms with van der Waals surface area (Å²) >= 11 is 0. The second-order valence-electron chi connectivity index (χ2n) is 10.6. The van der Waals surface area contributed by atoms with E-state index in [1.54, 1.807) is 62.8 Å². The number of fused-ring (bicyclic) bond motifs is 1. The maximum absolute atomic E-state index is 12.9. The number of rotatable bonds is 12. The first-order chi connectivity index (χ1) is 21.0. The number of H-pyrrole nitrogens is 1. The summed E-state index contributed by atoms with van der Waals surface area (Å²) in [6.07, 6.45) is 1.56. The molecule has 0 saturated carbocycles. The van der Waals surface area contributed by atoms with Gasteiger partial charge in [-0.3, -0.25) is 4.79 Å². The summed E-state index contributed by atoms with van der Waals surface area (Å²) in [6.45, 7) is 1.52. The van der Waals surface area contributed by atoms with Crippen LogP contribution >= 0.6 is 12.4 Å². The molecule has 0 aliphatic carbocycles. The number of aliphatic carboxylic acids is 1. The van der Waals surface area contributed by atoms with Crippen molar-refractivity contribution in [3.8, 4) is 5.75 Å². The predicted octanol–water partition coefficient (Wildman–Crippen LogP) is 6.08. The maximum Gasteiger partial charge on any atom is 0.387 e. The van der Waals surface area contributed by atoms with E-state index in [0.29, 0.717) is 34.4 Å². The number of nitrogens with one attached hydrogen (secondary N) is 4. The topological polar surface area (TPSA) is 136 Å². The third-order valence-corrected chi connectivity index (χ3v) is 7.28. The van der Waals surface area contributed by atoms with Crippen LogP contribution in [0.5, 0.6) is 5.75 Å². The Kier molecular flexibility index (Phi) is 11.9. The van der Waals surface area contributed by atoms with Gasteiger partial charge in [0.05, 0.1) is 0 Å². The minimum absolute atomic E-state index is 0. The van der Waals surface area contributed by atoms with Crippen LogP contribution in [-0.2, 0) is 11.3 Å². The van der Waals surface area contributed by atoms with Crippen molar-refractivity contribution >= 4 is 46.6 Å². The first-order valence-corrected chi connectivity index (χ1v) is 13.9. The summed E-state index contributed by atoms with van der Waals surface area (Å²) in [4.78, 5) is 41.5. The molecule has 13 heteroatoms. The molecule has 0 radical (unpaired) electrons. The molecule has 0 spiro atoms. The van der Waals surface area contributed by atoms with Gasteiger partial charge in [0.1, 0.15) is 5.75 Å². The van der Waals surface area contributed by atoms with E-state index >= 15 is 0 Å². The van der Waals surface area contributed by atoms with Crippen LogP contribution in [0, 0.1) is 6.92 Å². The van der Waals surface area contributed by atoms with Gasteiger partial charge in [-0.15, -0.1) is 12.4 Å². The minimum Gasteiger partial charge on any atom is -0.479 e. The summed E-state index contributed by atoms with van der Waals surface area (Å²) in [7, 11) is 3.32. The van der Waals surface area contributed by atoms with Crippen molar-refractivity contribution in [1.82, 2.24) is 15.2 Å². The summed E-state index contributed by atoms with van der Waals surface area (Å²) in [6, 6.07) is 15.3. The Morgan fingerprint density at radius 1 is 1.04 bits per heavy atom. The standard InChI is InChI=1S/C32H35F2N5O5.ClH/c1-18-13-21(28(30(41)42)37-24-7-5-20-11-12-36-29(40)26(20)15-24)6-9-25(18)19(2)17-39(4)32(43)38-23-8-10-27(44-31(33)34)22(14-23)16-35-3;/h5-15,19,28,31,35,37H,16-17H2,1-4H3,(H,36,40)(H,38,43)(H,41,42);1H/t19-,28?;/m0./s1. The van der Waals surface area contributed by atoms with E-state index in [4.69, 9.17) is 0 Å². The molecular weight excluding hydrogens is 608 g/mol. The molecule has 1 heterocycles. The van der Waals surface area contributed by atoms with Crippen molar-refractivity contribution in [3.63, 3.8) is 0 Å². The number of ether oxygens (including phenoxy) is 1. The highest BCUT2D eigenvalue weighted by atomic mass is 35.5. The van der Waals surface area contributed by atoms with E-state index in [2.05, 4.69) is 25.7 Å². The van der Waals surface area contributed by atoms with E-state index in [9.17, 15) is 28.3 Å². The fourth-order valence-corrected chi connectivity index (χ4v) is 5.17. The number of carbonyl (C=O) groups excluding carboxylic acids is 1. The highest BCUT2D eigenvalue weighted by Gasteiger charge is 2.22. The predicted molar refractivity (Wildman–Crippen MR) is 173 cm³/mol. The van der Waals surface area contributed by atoms with Crippen molar-refractivity contribution in [1.29, 1.82) is 0 Å². The lowest BCUT2D eigenvalue weighted by molar-refractivity contribution is -0.138. The Morgan fingerprint density at radius 2 is 1.78 bits per heavy atom. The molecule has 2 amide bonds. The SMILES string of the molecule is CNCc1cc(NC(=O)N(C)C[C@H](C)c2ccc(C(Nc3ccc4cc[nH]c(=O)c4c3)C(=O)O)cc2C)ccc1OC(F)F.Cl. The maximum atomic E-state index is 12.9. The number of pyridine rings is 1. The smallest absolute Gasteiger partial charge is 0.387 e. The van der Waals surface area contributed by atoms with Crippen molar-refractivity contribution in [2.75, 3.05) is 31.3 Å². The van der Waals surface area contributed by atoms with E-state index in [1.807, 2.05) is 19.9 Å². The molecule has 1 unspecified atom stereocenters. The first-order valence-electron chi connectivity index (χ1n) is 13.9. The zero-order valence-corrected chi connectivity index (χ0v) is 26.0. The number of likely N-dealkylation sites (N-methyl/N-ethyl adjacent to an activating group) is 1.